The van der Waals surface area contributed by atoms with E-state index in [4.69, 9.17) is 14.2 Å². The number of methoxy groups -OCH3 is 1. The van der Waals surface area contributed by atoms with Crippen LogP contribution in [-0.4, -0.2) is 25.6 Å². The summed E-state index contributed by atoms with van der Waals surface area (Å²) < 4.78 is 16.6. The monoisotopic (exact) mass is 521 g/mol. The average Bonchev–Trinajstić information content (AvgIpc) is 2.95. The van der Waals surface area contributed by atoms with Gasteiger partial charge in [-0.2, -0.15) is 10.5 Å². The van der Waals surface area contributed by atoms with Crippen LogP contribution in [0.3, 0.4) is 0 Å². The van der Waals surface area contributed by atoms with Crippen LogP contribution < -0.4 is 14.8 Å². The van der Waals surface area contributed by atoms with E-state index < -0.39 is 11.9 Å². The fourth-order valence-corrected chi connectivity index (χ4v) is 3.71. The van der Waals surface area contributed by atoms with Crippen LogP contribution in [0.1, 0.15) is 39.5 Å². The van der Waals surface area contributed by atoms with Crippen molar-refractivity contribution in [3.05, 3.63) is 107 Å². The smallest absolute Gasteiger partial charge is 0.338 e. The lowest BCUT2D eigenvalue weighted by molar-refractivity contribution is -0.112. The van der Waals surface area contributed by atoms with Crippen LogP contribution in [0, 0.1) is 22.7 Å². The Hall–Kier alpha value is -5.34. The Kier molecular flexibility index (Phi) is 10.0. The summed E-state index contributed by atoms with van der Waals surface area (Å²) in [5.41, 5.74) is 3.17. The van der Waals surface area contributed by atoms with Gasteiger partial charge in [-0.05, 0) is 67.4 Å². The highest BCUT2D eigenvalue weighted by Gasteiger charge is 2.16. The van der Waals surface area contributed by atoms with Crippen molar-refractivity contribution in [3.63, 3.8) is 0 Å². The number of esters is 1. The van der Waals surface area contributed by atoms with Crippen molar-refractivity contribution in [1.29, 1.82) is 10.5 Å². The Labute approximate surface area is 227 Å². The fourth-order valence-electron chi connectivity index (χ4n) is 3.71. The first-order valence-corrected chi connectivity index (χ1v) is 12.1. The van der Waals surface area contributed by atoms with E-state index in [9.17, 15) is 20.1 Å². The van der Waals surface area contributed by atoms with Gasteiger partial charge in [-0.15, -0.1) is 6.58 Å². The minimum Gasteiger partial charge on any atom is -0.493 e. The first-order chi connectivity index (χ1) is 18.9. The van der Waals surface area contributed by atoms with E-state index in [1.54, 1.807) is 49.4 Å². The predicted octanol–water partition coefficient (Wildman–Crippen LogP) is 5.60. The number of hydrogen-bond donors (Lipinski definition) is 1. The summed E-state index contributed by atoms with van der Waals surface area (Å²) in [6.07, 6.45) is 3.59. The minimum absolute atomic E-state index is 0.132. The van der Waals surface area contributed by atoms with Gasteiger partial charge in [0.05, 0.1) is 30.9 Å². The van der Waals surface area contributed by atoms with Crippen LogP contribution in [0.2, 0.25) is 0 Å². The van der Waals surface area contributed by atoms with Gasteiger partial charge in [-0.1, -0.05) is 24.3 Å². The molecule has 0 aromatic heterocycles. The van der Waals surface area contributed by atoms with Gasteiger partial charge in [0.1, 0.15) is 18.2 Å². The number of carbonyl (C=O) groups excluding carboxylic acids is 2. The molecule has 1 N–H and O–H groups in total. The molecule has 3 aromatic carbocycles. The molecule has 3 aromatic rings. The summed E-state index contributed by atoms with van der Waals surface area (Å²) in [5, 5.41) is 21.7. The van der Waals surface area contributed by atoms with Crippen molar-refractivity contribution in [1.82, 2.24) is 0 Å². The summed E-state index contributed by atoms with van der Waals surface area (Å²) >= 11 is 0. The second-order valence-electron chi connectivity index (χ2n) is 8.18. The van der Waals surface area contributed by atoms with Crippen LogP contribution in [0.4, 0.5) is 5.69 Å². The highest BCUT2D eigenvalue weighted by atomic mass is 16.5. The summed E-state index contributed by atoms with van der Waals surface area (Å²) in [6, 6.07) is 20.9. The van der Waals surface area contributed by atoms with Crippen LogP contribution in [0.15, 0.2) is 78.9 Å². The lowest BCUT2D eigenvalue weighted by Gasteiger charge is -2.16. The second kappa shape index (κ2) is 13.8. The van der Waals surface area contributed by atoms with Gasteiger partial charge < -0.3 is 19.5 Å². The molecule has 0 bridgehead atoms. The Morgan fingerprint density at radius 2 is 1.79 bits per heavy atom. The van der Waals surface area contributed by atoms with Gasteiger partial charge in [-0.25, -0.2) is 4.79 Å². The van der Waals surface area contributed by atoms with Gasteiger partial charge in [-0.3, -0.25) is 4.79 Å². The van der Waals surface area contributed by atoms with Crippen LogP contribution in [-0.2, 0) is 22.6 Å². The summed E-state index contributed by atoms with van der Waals surface area (Å²) in [7, 11) is 1.49. The standard InChI is InChI=1S/C31H27N3O5/c1-4-8-23-15-21(17-28(37-3)29(23)39-20-25-10-7-6-9-24(25)18-32)16-26(19-33)30(35)34-27-13-11-22(12-14-27)31(36)38-5-2/h4,6-7,9-17H,1,5,8,20H2,2-3H3,(H,34,35)/b26-16+. The number of allylic oxidation sites excluding steroid dienone is 1. The second-order valence-corrected chi connectivity index (χ2v) is 8.18. The molecule has 8 heteroatoms. The van der Waals surface area contributed by atoms with Gasteiger partial charge in [0.2, 0.25) is 0 Å². The zero-order chi connectivity index (χ0) is 28.2. The molecule has 0 unspecified atom stereocenters. The molecule has 0 aliphatic rings. The normalized spacial score (nSPS) is 10.5. The number of rotatable bonds is 11. The van der Waals surface area contributed by atoms with E-state index in [0.717, 1.165) is 11.1 Å². The van der Waals surface area contributed by atoms with Crippen molar-refractivity contribution >= 4 is 23.6 Å². The molecule has 0 fully saturated rings. The molecular formula is C31H27N3O5. The zero-order valence-corrected chi connectivity index (χ0v) is 21.7. The number of anilines is 1. The van der Waals surface area contributed by atoms with E-state index >= 15 is 0 Å². The maximum absolute atomic E-state index is 12.8. The van der Waals surface area contributed by atoms with Crippen molar-refractivity contribution in [2.75, 3.05) is 19.0 Å². The number of carbonyl (C=O) groups is 2. The molecule has 8 nitrogen and oxygen atoms in total. The third-order valence-electron chi connectivity index (χ3n) is 5.58. The molecule has 196 valence electrons. The summed E-state index contributed by atoms with van der Waals surface area (Å²) in [6.45, 7) is 5.94. The first-order valence-electron chi connectivity index (χ1n) is 12.1. The van der Waals surface area contributed by atoms with E-state index in [0.29, 0.717) is 40.3 Å². The van der Waals surface area contributed by atoms with Gasteiger partial charge in [0.25, 0.3) is 5.91 Å². The Morgan fingerprint density at radius 1 is 1.05 bits per heavy atom. The molecule has 3 rings (SSSR count). The lowest BCUT2D eigenvalue weighted by Crippen LogP contribution is -2.13. The molecule has 0 saturated heterocycles. The largest absolute Gasteiger partial charge is 0.493 e. The van der Waals surface area contributed by atoms with Crippen LogP contribution in [0.5, 0.6) is 11.5 Å². The first kappa shape index (κ1) is 28.2. The number of amides is 1. The van der Waals surface area contributed by atoms with Crippen molar-refractivity contribution < 1.29 is 23.8 Å². The average molecular weight is 522 g/mol. The number of nitriles is 2. The quantitative estimate of drug-likeness (QED) is 0.151. The van der Waals surface area contributed by atoms with Crippen molar-refractivity contribution in [2.45, 2.75) is 20.0 Å². The molecular weight excluding hydrogens is 494 g/mol. The molecule has 0 atom stereocenters. The highest BCUT2D eigenvalue weighted by molar-refractivity contribution is 6.09. The van der Waals surface area contributed by atoms with Gasteiger partial charge >= 0.3 is 5.97 Å². The maximum atomic E-state index is 12.8. The lowest BCUT2D eigenvalue weighted by atomic mass is 10.0. The van der Waals surface area contributed by atoms with Gasteiger partial charge in [0, 0.05) is 16.8 Å². The van der Waals surface area contributed by atoms with Crippen LogP contribution >= 0.6 is 0 Å². The Bertz CT molecular complexity index is 1480. The van der Waals surface area contributed by atoms with Crippen LogP contribution in [0.25, 0.3) is 6.08 Å². The Balaban J connectivity index is 1.85. The predicted molar refractivity (Wildman–Crippen MR) is 147 cm³/mol. The number of nitrogens with one attached hydrogen (secondary N) is 1. The maximum Gasteiger partial charge on any atom is 0.338 e. The minimum atomic E-state index is -0.612. The SMILES string of the molecule is C=CCc1cc(/C=C(\C#N)C(=O)Nc2ccc(C(=O)OCC)cc2)cc(OC)c1OCc1ccccc1C#N. The number of nitrogens with zero attached hydrogens (tertiary/aromatic N) is 2. The molecule has 1 amide bonds. The molecule has 0 aliphatic heterocycles. The fraction of sp³-hybridized carbons (Fsp3) is 0.161. The third-order valence-corrected chi connectivity index (χ3v) is 5.58. The van der Waals surface area contributed by atoms with Crippen molar-refractivity contribution in [2.24, 2.45) is 0 Å². The molecule has 39 heavy (non-hydrogen) atoms. The van der Waals surface area contributed by atoms with E-state index in [1.165, 1.54) is 25.3 Å². The number of benzene rings is 3. The molecule has 0 heterocycles. The Morgan fingerprint density at radius 3 is 2.44 bits per heavy atom. The molecule has 0 aliphatic carbocycles. The molecule has 0 spiro atoms. The highest BCUT2D eigenvalue weighted by Crippen LogP contribution is 2.35. The van der Waals surface area contributed by atoms with E-state index in [-0.39, 0.29) is 18.8 Å². The molecule has 0 saturated carbocycles. The van der Waals surface area contributed by atoms with Crippen molar-refractivity contribution in [3.8, 4) is 23.6 Å². The topological polar surface area (TPSA) is 121 Å². The van der Waals surface area contributed by atoms with Gasteiger partial charge in [0.15, 0.2) is 11.5 Å². The van der Waals surface area contributed by atoms with E-state index in [2.05, 4.69) is 18.0 Å². The third kappa shape index (κ3) is 7.34. The number of ether oxygens (including phenoxy) is 3. The summed E-state index contributed by atoms with van der Waals surface area (Å²) in [4.78, 5) is 24.7. The summed E-state index contributed by atoms with van der Waals surface area (Å²) in [5.74, 6) is -0.188. The zero-order valence-electron chi connectivity index (χ0n) is 21.7. The number of hydrogen-bond acceptors (Lipinski definition) is 7. The molecule has 0 radical (unpaired) electrons. The van der Waals surface area contributed by atoms with E-state index in [1.807, 2.05) is 18.2 Å².